The molecule has 1 saturated heterocycles. The quantitative estimate of drug-likeness (QED) is 0.182. The molecule has 0 unspecified atom stereocenters. The number of benzene rings is 2. The number of nitrogens with zero attached hydrogens (tertiary/aromatic N) is 1. The highest BCUT2D eigenvalue weighted by molar-refractivity contribution is 7.99. The molecule has 15 nitrogen and oxygen atoms in total. The van der Waals surface area contributed by atoms with Gasteiger partial charge in [-0.2, -0.15) is 0 Å². The maximum absolute atomic E-state index is 13.9. The van der Waals surface area contributed by atoms with Crippen LogP contribution in [0.2, 0.25) is 0 Å². The number of Topliss-reactive ketones (excluding diaryl/α,β-unsaturated/α-hetero) is 1. The van der Waals surface area contributed by atoms with Gasteiger partial charge in [0.2, 0.25) is 17.7 Å². The van der Waals surface area contributed by atoms with Crippen molar-refractivity contribution < 1.29 is 53.2 Å². The number of anilines is 1. The van der Waals surface area contributed by atoms with Crippen molar-refractivity contribution in [3.8, 4) is 0 Å². The number of aliphatic hydroxyl groups is 2. The zero-order valence-corrected chi connectivity index (χ0v) is 36.3. The first-order valence-electron chi connectivity index (χ1n) is 21.4. The Balaban J connectivity index is 0.869. The lowest BCUT2D eigenvalue weighted by atomic mass is 9.46. The highest BCUT2D eigenvalue weighted by atomic mass is 32.2. The number of ketones is 2. The van der Waals surface area contributed by atoms with Crippen molar-refractivity contribution in [1.82, 2.24) is 15.5 Å². The fourth-order valence-corrected chi connectivity index (χ4v) is 12.1. The maximum Gasteiger partial charge on any atom is 0.253 e. The largest absolute Gasteiger partial charge is 0.393 e. The monoisotopic (exact) mass is 880 g/mol. The number of amides is 5. The van der Waals surface area contributed by atoms with Gasteiger partial charge in [0.15, 0.2) is 23.5 Å². The average Bonchev–Trinajstić information content (AvgIpc) is 3.87. The summed E-state index contributed by atoms with van der Waals surface area (Å²) in [6.45, 7) is 6.25. The van der Waals surface area contributed by atoms with E-state index in [2.05, 4.69) is 22.9 Å². The predicted molar refractivity (Wildman–Crippen MR) is 228 cm³/mol. The number of hydrogen-bond acceptors (Lipinski definition) is 12. The van der Waals surface area contributed by atoms with Crippen molar-refractivity contribution in [3.63, 3.8) is 0 Å². The molecule has 3 saturated carbocycles. The van der Waals surface area contributed by atoms with Crippen LogP contribution in [0.5, 0.6) is 0 Å². The molecule has 5 N–H and O–H groups in total. The lowest BCUT2D eigenvalue weighted by Gasteiger charge is -2.59. The van der Waals surface area contributed by atoms with Gasteiger partial charge in [0.25, 0.3) is 11.8 Å². The Kier molecular flexibility index (Phi) is 12.0. The average molecular weight is 881 g/mol. The third-order valence-corrected chi connectivity index (χ3v) is 15.3. The summed E-state index contributed by atoms with van der Waals surface area (Å²) in [6.07, 6.45) is 7.40. The minimum Gasteiger partial charge on any atom is -0.393 e. The SMILES string of the molecule is C[C@H](NC(=O)CCN1C(=O)C=CC1=O)C(=O)N[C@@H](C)C(=O)Nc1cccc(Sc2ccc([C@@H]3O[C@@H]4C[C@H]5[C@@H]6CCC7=CC(=O)C=C[C@]7(C)[C@H]6[C@@H](O)C[C@]5(C)[C@]4(C(=O)CO)O3)cc2)c1. The van der Waals surface area contributed by atoms with Gasteiger partial charge in [-0.3, -0.25) is 38.5 Å². The Bertz CT molecular complexity index is 2330. The smallest absolute Gasteiger partial charge is 0.253 e. The van der Waals surface area contributed by atoms with Crippen LogP contribution < -0.4 is 16.0 Å². The number of carbonyl (C=O) groups excluding carboxylic acids is 7. The van der Waals surface area contributed by atoms with E-state index >= 15 is 0 Å². The number of imide groups is 1. The van der Waals surface area contributed by atoms with E-state index in [9.17, 15) is 43.8 Å². The minimum absolute atomic E-state index is 0.0140. The van der Waals surface area contributed by atoms with Gasteiger partial charge in [0.05, 0.1) is 12.2 Å². The number of aliphatic hydroxyl groups excluding tert-OH is 2. The number of nitrogens with one attached hydrogen (secondary N) is 3. The summed E-state index contributed by atoms with van der Waals surface area (Å²) in [5.74, 6) is -3.19. The van der Waals surface area contributed by atoms with E-state index in [1.54, 1.807) is 30.4 Å². The van der Waals surface area contributed by atoms with Gasteiger partial charge in [-0.15, -0.1) is 0 Å². The molecular weight excluding hydrogens is 829 g/mol. The van der Waals surface area contributed by atoms with Crippen LogP contribution >= 0.6 is 11.8 Å². The van der Waals surface area contributed by atoms with E-state index in [0.29, 0.717) is 17.7 Å². The van der Waals surface area contributed by atoms with Crippen LogP contribution in [0.15, 0.2) is 94.3 Å². The first-order chi connectivity index (χ1) is 30.0. The lowest BCUT2D eigenvalue weighted by molar-refractivity contribution is -0.201. The van der Waals surface area contributed by atoms with Crippen LogP contribution in [0, 0.1) is 28.6 Å². The predicted octanol–water partition coefficient (Wildman–Crippen LogP) is 3.70. The number of fused-ring (bicyclic) bond motifs is 7. The standard InChI is InChI=1S/C47H52N4O11S/c1-25(48-38(56)17-19-51-39(57)14-15-40(51)58)42(59)49-26(2)43(60)50-29-6-5-7-32(21-29)63-31-11-8-27(9-12-31)44-61-37-22-34-33-13-10-28-20-30(53)16-18-45(28,3)41(33)35(54)23-46(34,4)47(37,62-44)36(55)24-52/h5-9,11-12,14-16,18,20-21,25-26,33-35,37,41,44,52,54H,10,13,17,19,22-24H2,1-4H3,(H,48,56)(H,49,59)(H,50,60)/t25-,26-,33-,34-,35-,37+,41+,44+,45-,46-,47+/m0/s1. The second kappa shape index (κ2) is 17.0. The van der Waals surface area contributed by atoms with Crippen molar-refractivity contribution in [1.29, 1.82) is 0 Å². The molecule has 4 fully saturated rings. The summed E-state index contributed by atoms with van der Waals surface area (Å²) in [5.41, 5.74) is -0.492. The number of ether oxygens (including phenoxy) is 2. The molecule has 8 rings (SSSR count). The first kappa shape index (κ1) is 44.4. The van der Waals surface area contributed by atoms with Crippen molar-refractivity contribution in [3.05, 3.63) is 90.0 Å². The molecule has 6 aliphatic rings. The zero-order chi connectivity index (χ0) is 45.0. The molecule has 5 amide bonds. The Hall–Kier alpha value is -5.26. The van der Waals surface area contributed by atoms with Crippen LogP contribution in [0.4, 0.5) is 5.69 Å². The van der Waals surface area contributed by atoms with Crippen molar-refractivity contribution in [2.24, 2.45) is 28.6 Å². The van der Waals surface area contributed by atoms with Gasteiger partial charge < -0.3 is 35.6 Å². The van der Waals surface area contributed by atoms with E-state index in [-0.39, 0.29) is 42.9 Å². The van der Waals surface area contributed by atoms with Crippen LogP contribution in [-0.2, 0) is 43.0 Å². The molecule has 16 heteroatoms. The van der Waals surface area contributed by atoms with Gasteiger partial charge in [-0.25, -0.2) is 0 Å². The molecule has 2 heterocycles. The van der Waals surface area contributed by atoms with E-state index in [0.717, 1.165) is 45.3 Å². The molecule has 63 heavy (non-hydrogen) atoms. The topological polar surface area (TPSA) is 218 Å². The molecule has 11 atom stereocenters. The number of rotatable bonds is 13. The third-order valence-electron chi connectivity index (χ3n) is 14.3. The van der Waals surface area contributed by atoms with Crippen LogP contribution in [0.1, 0.15) is 71.7 Å². The summed E-state index contributed by atoms with van der Waals surface area (Å²) in [7, 11) is 0. The van der Waals surface area contributed by atoms with E-state index in [4.69, 9.17) is 9.47 Å². The third kappa shape index (κ3) is 7.90. The number of hydrogen-bond donors (Lipinski definition) is 5. The fourth-order valence-electron chi connectivity index (χ4n) is 11.2. The van der Waals surface area contributed by atoms with Crippen LogP contribution in [0.3, 0.4) is 0 Å². The first-order valence-corrected chi connectivity index (χ1v) is 22.2. The molecule has 0 bridgehead atoms. The number of carbonyl (C=O) groups is 7. The summed E-state index contributed by atoms with van der Waals surface area (Å²) >= 11 is 1.45. The molecular formula is C47H52N4O11S. The van der Waals surface area contributed by atoms with Crippen LogP contribution in [0.25, 0.3) is 0 Å². The highest BCUT2D eigenvalue weighted by Gasteiger charge is 2.76. The van der Waals surface area contributed by atoms with Gasteiger partial charge >= 0.3 is 0 Å². The Morgan fingerprint density at radius 3 is 2.37 bits per heavy atom. The minimum atomic E-state index is -1.45. The lowest BCUT2D eigenvalue weighted by Crippen LogP contribution is -2.63. The van der Waals surface area contributed by atoms with Crippen molar-refractivity contribution in [2.75, 3.05) is 18.5 Å². The Labute approximate surface area is 369 Å². The molecule has 2 aliphatic heterocycles. The normalized spacial score (nSPS) is 32.5. The van der Waals surface area contributed by atoms with Gasteiger partial charge in [0, 0.05) is 62.9 Å². The molecule has 4 aliphatic carbocycles. The molecule has 332 valence electrons. The Morgan fingerprint density at radius 2 is 1.65 bits per heavy atom. The second-order valence-electron chi connectivity index (χ2n) is 18.0. The van der Waals surface area contributed by atoms with Crippen molar-refractivity contribution in [2.45, 2.75) is 106 Å². The zero-order valence-electron chi connectivity index (χ0n) is 35.5. The van der Waals surface area contributed by atoms with E-state index in [1.807, 2.05) is 43.3 Å². The summed E-state index contributed by atoms with van der Waals surface area (Å²) in [4.78, 5) is 90.5. The van der Waals surface area contributed by atoms with Crippen molar-refractivity contribution >= 4 is 58.6 Å². The van der Waals surface area contributed by atoms with Gasteiger partial charge in [-0.05, 0) is 93.9 Å². The summed E-state index contributed by atoms with van der Waals surface area (Å²) in [5, 5.41) is 30.2. The van der Waals surface area contributed by atoms with E-state index < -0.39 is 88.9 Å². The van der Waals surface area contributed by atoms with Crippen LogP contribution in [-0.4, -0.2) is 99.3 Å². The maximum atomic E-state index is 13.9. The number of allylic oxidation sites excluding steroid dienone is 4. The second-order valence-corrected chi connectivity index (χ2v) is 19.1. The van der Waals surface area contributed by atoms with Gasteiger partial charge in [0.1, 0.15) is 18.7 Å². The molecule has 0 spiro atoms. The molecule has 2 aromatic carbocycles. The fraction of sp³-hybridized carbons (Fsp3) is 0.468. The molecule has 2 aromatic rings. The van der Waals surface area contributed by atoms with Gasteiger partial charge in [-0.1, -0.05) is 55.5 Å². The molecule has 0 radical (unpaired) electrons. The summed E-state index contributed by atoms with van der Waals surface area (Å²) in [6, 6.07) is 12.8. The summed E-state index contributed by atoms with van der Waals surface area (Å²) < 4.78 is 13.4. The highest BCUT2D eigenvalue weighted by Crippen LogP contribution is 2.70. The molecule has 0 aromatic heterocycles. The van der Waals surface area contributed by atoms with E-state index in [1.165, 1.54) is 25.6 Å². The Morgan fingerprint density at radius 1 is 0.937 bits per heavy atom.